The highest BCUT2D eigenvalue weighted by Crippen LogP contribution is 2.36. The molecule has 0 unspecified atom stereocenters. The van der Waals surface area contributed by atoms with Gasteiger partial charge in [0.1, 0.15) is 17.6 Å². The smallest absolute Gasteiger partial charge is 0.416 e. The summed E-state index contributed by atoms with van der Waals surface area (Å²) in [5, 5.41) is 17.0. The SMILES string of the molecule is O=C(c1nnc(-c2ccc(O)cc2)o1)N1CC(Oc2ccc(CN3CCCC3)c(C(F)(F)F)c2)C1. The number of hydrogen-bond donors (Lipinski definition) is 1. The lowest BCUT2D eigenvalue weighted by atomic mass is 10.1. The van der Waals surface area contributed by atoms with Gasteiger partial charge in [-0.25, -0.2) is 0 Å². The van der Waals surface area contributed by atoms with Gasteiger partial charge in [-0.3, -0.25) is 9.69 Å². The van der Waals surface area contributed by atoms with Crippen molar-refractivity contribution in [2.45, 2.75) is 31.7 Å². The Morgan fingerprint density at radius 2 is 1.80 bits per heavy atom. The van der Waals surface area contributed by atoms with Gasteiger partial charge in [0.25, 0.3) is 0 Å². The Kier molecular flexibility index (Phi) is 6.10. The normalized spacial score (nSPS) is 16.9. The van der Waals surface area contributed by atoms with Crippen LogP contribution in [-0.2, 0) is 12.7 Å². The van der Waals surface area contributed by atoms with Crippen LogP contribution in [0.2, 0.25) is 0 Å². The molecule has 2 aliphatic rings. The Labute approximate surface area is 198 Å². The fraction of sp³-hybridized carbons (Fsp3) is 0.375. The molecule has 2 aromatic carbocycles. The zero-order valence-electron chi connectivity index (χ0n) is 18.7. The second-order valence-corrected chi connectivity index (χ2v) is 8.71. The number of likely N-dealkylation sites (tertiary alicyclic amines) is 2. The zero-order valence-corrected chi connectivity index (χ0v) is 18.7. The first-order valence-electron chi connectivity index (χ1n) is 11.3. The lowest BCUT2D eigenvalue weighted by Gasteiger charge is -2.38. The molecule has 184 valence electrons. The molecule has 2 aliphatic heterocycles. The Balaban J connectivity index is 1.20. The van der Waals surface area contributed by atoms with Gasteiger partial charge in [-0.05, 0) is 67.9 Å². The third kappa shape index (κ3) is 5.09. The van der Waals surface area contributed by atoms with Crippen molar-refractivity contribution in [2.75, 3.05) is 26.2 Å². The Morgan fingerprint density at radius 1 is 1.09 bits per heavy atom. The number of hydrogen-bond acceptors (Lipinski definition) is 7. The number of benzene rings is 2. The second kappa shape index (κ2) is 9.21. The molecule has 35 heavy (non-hydrogen) atoms. The molecular weight excluding hydrogens is 465 g/mol. The molecule has 0 bridgehead atoms. The monoisotopic (exact) mass is 488 g/mol. The fourth-order valence-corrected chi connectivity index (χ4v) is 4.25. The number of aromatic nitrogens is 2. The van der Waals surface area contributed by atoms with Gasteiger partial charge in [0.15, 0.2) is 0 Å². The summed E-state index contributed by atoms with van der Waals surface area (Å²) in [4.78, 5) is 16.0. The van der Waals surface area contributed by atoms with Gasteiger partial charge in [0, 0.05) is 12.1 Å². The number of carbonyl (C=O) groups is 1. The topological polar surface area (TPSA) is 91.9 Å². The van der Waals surface area contributed by atoms with Crippen LogP contribution in [0.4, 0.5) is 13.2 Å². The summed E-state index contributed by atoms with van der Waals surface area (Å²) < 4.78 is 52.2. The van der Waals surface area contributed by atoms with Gasteiger partial charge in [0.05, 0.1) is 18.7 Å². The minimum Gasteiger partial charge on any atom is -0.508 e. The van der Waals surface area contributed by atoms with Crippen molar-refractivity contribution in [1.82, 2.24) is 20.0 Å². The van der Waals surface area contributed by atoms with E-state index in [0.29, 0.717) is 5.56 Å². The lowest BCUT2D eigenvalue weighted by Crippen LogP contribution is -2.56. The van der Waals surface area contributed by atoms with Crippen molar-refractivity contribution in [2.24, 2.45) is 0 Å². The van der Waals surface area contributed by atoms with Crippen LogP contribution in [0.1, 0.15) is 34.7 Å². The van der Waals surface area contributed by atoms with Gasteiger partial charge >= 0.3 is 18.0 Å². The molecule has 0 saturated carbocycles. The molecule has 11 heteroatoms. The largest absolute Gasteiger partial charge is 0.508 e. The molecule has 0 atom stereocenters. The summed E-state index contributed by atoms with van der Waals surface area (Å²) in [7, 11) is 0. The van der Waals surface area contributed by atoms with Crippen LogP contribution in [0.3, 0.4) is 0 Å². The minimum absolute atomic E-state index is 0.0831. The van der Waals surface area contributed by atoms with E-state index in [2.05, 4.69) is 10.2 Å². The minimum atomic E-state index is -4.48. The Morgan fingerprint density at radius 3 is 2.49 bits per heavy atom. The number of aromatic hydroxyl groups is 1. The number of halogens is 3. The number of phenolic OH excluding ortho intramolecular Hbond substituents is 1. The molecule has 1 N–H and O–H groups in total. The number of nitrogens with zero attached hydrogens (tertiary/aromatic N) is 4. The van der Waals surface area contributed by atoms with Crippen molar-refractivity contribution >= 4 is 5.91 Å². The number of ether oxygens (including phenoxy) is 1. The number of carbonyl (C=O) groups excluding carboxylic acids is 1. The molecule has 3 aromatic rings. The first kappa shape index (κ1) is 23.2. The maximum absolute atomic E-state index is 13.7. The standard InChI is InChI=1S/C24H23F3N4O4/c25-24(26,27)20-11-18(8-5-16(20)12-30-9-1-2-10-30)34-19-13-31(14-19)23(33)22-29-28-21(35-22)15-3-6-17(32)7-4-15/h3-8,11,19,32H,1-2,9-10,12-14H2. The second-order valence-electron chi connectivity index (χ2n) is 8.71. The van der Waals surface area contributed by atoms with Crippen LogP contribution < -0.4 is 4.74 Å². The first-order chi connectivity index (χ1) is 16.8. The third-order valence-corrected chi connectivity index (χ3v) is 6.14. The van der Waals surface area contributed by atoms with E-state index >= 15 is 0 Å². The van der Waals surface area contributed by atoms with Gasteiger partial charge in [-0.1, -0.05) is 6.07 Å². The molecular formula is C24H23F3N4O4. The van der Waals surface area contributed by atoms with Gasteiger partial charge < -0.3 is 19.2 Å². The average molecular weight is 488 g/mol. The highest BCUT2D eigenvalue weighted by Gasteiger charge is 2.37. The van der Waals surface area contributed by atoms with Crippen LogP contribution in [0.15, 0.2) is 46.9 Å². The summed E-state index contributed by atoms with van der Waals surface area (Å²) in [6, 6.07) is 10.1. The van der Waals surface area contributed by atoms with Crippen molar-refractivity contribution in [3.05, 3.63) is 59.5 Å². The highest BCUT2D eigenvalue weighted by atomic mass is 19.4. The number of phenols is 1. The van der Waals surface area contributed by atoms with Crippen LogP contribution in [-0.4, -0.2) is 63.3 Å². The van der Waals surface area contributed by atoms with E-state index in [4.69, 9.17) is 9.15 Å². The summed E-state index contributed by atoms with van der Waals surface area (Å²) in [5.41, 5.74) is 0.0904. The summed E-state index contributed by atoms with van der Waals surface area (Å²) in [6.45, 7) is 2.24. The molecule has 0 radical (unpaired) electrons. The molecule has 2 saturated heterocycles. The quantitative estimate of drug-likeness (QED) is 0.562. The van der Waals surface area contributed by atoms with E-state index in [9.17, 15) is 23.1 Å². The molecule has 5 rings (SSSR count). The molecule has 2 fully saturated rings. The summed E-state index contributed by atoms with van der Waals surface area (Å²) in [5.74, 6) is -0.349. The van der Waals surface area contributed by atoms with E-state index in [1.54, 1.807) is 18.2 Å². The molecule has 1 aromatic heterocycles. The Hall–Kier alpha value is -3.60. The van der Waals surface area contributed by atoms with Crippen LogP contribution >= 0.6 is 0 Å². The van der Waals surface area contributed by atoms with E-state index < -0.39 is 23.8 Å². The van der Waals surface area contributed by atoms with E-state index in [1.807, 2.05) is 4.90 Å². The molecule has 0 spiro atoms. The van der Waals surface area contributed by atoms with Gasteiger partial charge in [-0.2, -0.15) is 13.2 Å². The van der Waals surface area contributed by atoms with Crippen molar-refractivity contribution in [3.8, 4) is 23.0 Å². The maximum atomic E-state index is 13.7. The van der Waals surface area contributed by atoms with Crippen LogP contribution in [0, 0.1) is 0 Å². The zero-order chi connectivity index (χ0) is 24.6. The van der Waals surface area contributed by atoms with Crippen LogP contribution in [0.5, 0.6) is 11.5 Å². The highest BCUT2D eigenvalue weighted by molar-refractivity contribution is 5.90. The van der Waals surface area contributed by atoms with E-state index in [-0.39, 0.29) is 48.5 Å². The van der Waals surface area contributed by atoms with Crippen LogP contribution in [0.25, 0.3) is 11.5 Å². The maximum Gasteiger partial charge on any atom is 0.416 e. The van der Waals surface area contributed by atoms with Crippen molar-refractivity contribution in [3.63, 3.8) is 0 Å². The van der Waals surface area contributed by atoms with Gasteiger partial charge in [-0.15, -0.1) is 10.2 Å². The van der Waals surface area contributed by atoms with E-state index in [1.165, 1.54) is 23.1 Å². The predicted molar refractivity (Wildman–Crippen MR) is 118 cm³/mol. The first-order valence-corrected chi connectivity index (χ1v) is 11.3. The third-order valence-electron chi connectivity index (χ3n) is 6.14. The lowest BCUT2D eigenvalue weighted by molar-refractivity contribution is -0.138. The number of alkyl halides is 3. The molecule has 8 nitrogen and oxygen atoms in total. The average Bonchev–Trinajstić information content (AvgIpc) is 3.49. The number of amides is 1. The van der Waals surface area contributed by atoms with Crippen molar-refractivity contribution < 1.29 is 32.2 Å². The fourth-order valence-electron chi connectivity index (χ4n) is 4.25. The number of rotatable bonds is 6. The molecule has 1 amide bonds. The summed E-state index contributed by atoms with van der Waals surface area (Å²) in [6.07, 6.45) is -2.92. The summed E-state index contributed by atoms with van der Waals surface area (Å²) >= 11 is 0. The molecule has 0 aliphatic carbocycles. The Bertz CT molecular complexity index is 1200. The van der Waals surface area contributed by atoms with Gasteiger partial charge in [0.2, 0.25) is 5.89 Å². The molecule has 3 heterocycles. The van der Waals surface area contributed by atoms with E-state index in [0.717, 1.165) is 32.0 Å². The van der Waals surface area contributed by atoms with Crippen molar-refractivity contribution in [1.29, 1.82) is 0 Å². The predicted octanol–water partition coefficient (Wildman–Crippen LogP) is 3.96.